The van der Waals surface area contributed by atoms with E-state index >= 15 is 0 Å². The molecule has 11 rings (SSSR count). The number of rotatable bonds is 6. The molecule has 0 amide bonds. The molecule has 10 heteroatoms. The van der Waals surface area contributed by atoms with Crippen LogP contribution in [0.4, 0.5) is 0 Å². The van der Waals surface area contributed by atoms with E-state index in [4.69, 9.17) is 50.2 Å². The zero-order valence-corrected chi connectivity index (χ0v) is 42.3. The van der Waals surface area contributed by atoms with Gasteiger partial charge in [0, 0.05) is 54.7 Å². The molecule has 2 aliphatic carbocycles. The fourth-order valence-corrected chi connectivity index (χ4v) is 11.1. The van der Waals surface area contributed by atoms with Crippen LogP contribution in [0.1, 0.15) is 75.6 Å². The molecule has 0 aliphatic heterocycles. The zero-order valence-electron chi connectivity index (χ0n) is 35.7. The average Bonchev–Trinajstić information content (AvgIpc) is 3.76. The standard InChI is InChI=1S/C27H21BrN2.C27H23BrN2.3ClH.Fe/c1-3-27(4-2)22-13-16(28)15-29-25(22)26-23(27)14-21-19-11-6-5-9-17(19)18-10-7-8-12-20(18)24(21)30-26;1-3-27(4-2)23-14-19(16-29-25(23)26-24(27)15-20(28)17-30-26)22-13-9-8-12-21(22)18-10-6-5-7-11-18;;;;/h5-15H,3-4H2,1-2H3;5-17H,3-4H2,1-2H3;3*1H;/q;;;;;+3/p-3. The van der Waals surface area contributed by atoms with Crippen molar-refractivity contribution in [3.63, 3.8) is 0 Å². The molecule has 64 heavy (non-hydrogen) atoms. The van der Waals surface area contributed by atoms with E-state index in [1.807, 2.05) is 18.6 Å². The van der Waals surface area contributed by atoms with Gasteiger partial charge < -0.3 is 0 Å². The van der Waals surface area contributed by atoms with Gasteiger partial charge in [-0.25, -0.2) is 4.98 Å². The summed E-state index contributed by atoms with van der Waals surface area (Å²) in [6.07, 6.45) is 9.88. The number of hydrogen-bond donors (Lipinski definition) is 0. The molecule has 2 aliphatic rings. The molecule has 5 aromatic carbocycles. The van der Waals surface area contributed by atoms with Crippen LogP contribution in [0.5, 0.6) is 0 Å². The fourth-order valence-electron chi connectivity index (χ4n) is 10.4. The van der Waals surface area contributed by atoms with Gasteiger partial charge in [0.15, 0.2) is 0 Å². The first-order valence-electron chi connectivity index (χ1n) is 21.5. The maximum atomic E-state index is 5.32. The Kier molecular flexibility index (Phi) is 13.1. The third-order valence-corrected chi connectivity index (χ3v) is 14.4. The van der Waals surface area contributed by atoms with Gasteiger partial charge in [-0.2, -0.15) is 0 Å². The first-order chi connectivity index (χ1) is 31.1. The Hall–Kier alpha value is -4.17. The summed E-state index contributed by atoms with van der Waals surface area (Å²) >= 11 is 5.94. The van der Waals surface area contributed by atoms with Crippen LogP contribution in [-0.4, -0.2) is 19.9 Å². The molecule has 0 bridgehead atoms. The first kappa shape index (κ1) is 45.0. The number of pyridine rings is 4. The molecular formula is C54H44Br2Cl3FeN4. The second-order valence-corrected chi connectivity index (χ2v) is 23.5. The Labute approximate surface area is 408 Å². The summed E-state index contributed by atoms with van der Waals surface area (Å²) in [6.45, 7) is 9.11. The van der Waals surface area contributed by atoms with E-state index in [1.54, 1.807) is 0 Å². The summed E-state index contributed by atoms with van der Waals surface area (Å²) in [5.41, 5.74) is 15.2. The molecule has 4 heterocycles. The van der Waals surface area contributed by atoms with Crippen molar-refractivity contribution in [2.45, 2.75) is 64.2 Å². The van der Waals surface area contributed by atoms with E-state index in [2.05, 4.69) is 187 Å². The van der Waals surface area contributed by atoms with Crippen LogP contribution < -0.4 is 0 Å². The van der Waals surface area contributed by atoms with Gasteiger partial charge in [0.05, 0.1) is 28.3 Å². The predicted molar refractivity (Wildman–Crippen MR) is 274 cm³/mol. The summed E-state index contributed by atoms with van der Waals surface area (Å²) < 4.78 is 2.05. The van der Waals surface area contributed by atoms with E-state index in [-0.39, 0.29) is 10.8 Å². The van der Waals surface area contributed by atoms with E-state index in [0.717, 1.165) is 68.5 Å². The monoisotopic (exact) mass is 1070 g/mol. The molecule has 0 atom stereocenters. The van der Waals surface area contributed by atoms with Gasteiger partial charge in [0.25, 0.3) is 0 Å². The normalized spacial score (nSPS) is 13.9. The van der Waals surface area contributed by atoms with Gasteiger partial charge in [-0.15, -0.1) is 0 Å². The number of nitrogens with zero attached hydrogens (tertiary/aromatic N) is 4. The molecule has 4 aromatic heterocycles. The van der Waals surface area contributed by atoms with E-state index in [0.29, 0.717) is 0 Å². The third-order valence-electron chi connectivity index (χ3n) is 13.6. The molecule has 323 valence electrons. The van der Waals surface area contributed by atoms with Crippen molar-refractivity contribution in [3.05, 3.63) is 177 Å². The summed E-state index contributed by atoms with van der Waals surface area (Å²) in [5.74, 6) is 0. The molecule has 0 saturated carbocycles. The zero-order chi connectivity index (χ0) is 44.8. The van der Waals surface area contributed by atoms with Gasteiger partial charge in [0.2, 0.25) is 0 Å². The van der Waals surface area contributed by atoms with Crippen molar-refractivity contribution in [2.24, 2.45) is 0 Å². The summed E-state index contributed by atoms with van der Waals surface area (Å²) in [4.78, 5) is 19.9. The van der Waals surface area contributed by atoms with Crippen LogP contribution in [0.15, 0.2) is 155 Å². The van der Waals surface area contributed by atoms with Crippen molar-refractivity contribution < 1.29 is 11.2 Å². The van der Waals surface area contributed by atoms with Crippen LogP contribution in [-0.2, 0) is 22.0 Å². The number of hydrogen-bond acceptors (Lipinski definition) is 4. The molecule has 4 nitrogen and oxygen atoms in total. The van der Waals surface area contributed by atoms with Gasteiger partial charge >= 0.3 is 41.5 Å². The summed E-state index contributed by atoms with van der Waals surface area (Å²) in [6, 6.07) is 45.7. The van der Waals surface area contributed by atoms with E-state index < -0.39 is 11.2 Å². The van der Waals surface area contributed by atoms with Gasteiger partial charge in [-0.3, -0.25) is 15.0 Å². The fraction of sp³-hybridized carbons (Fsp3) is 0.185. The number of benzene rings is 5. The average molecular weight is 1070 g/mol. The SMILES string of the molecule is CCC1(CC)c2cc(Br)cnc2-c2nc3c4ccccc4c4ccccc4c3cc21.CCC1(CC)c2cc(Br)cnc2-c2ncc(-c3ccccc3-c3ccccc3)cc21.[Cl][Fe]([Cl])[Cl]. The second kappa shape index (κ2) is 18.6. The number of fused-ring (bicyclic) bond motifs is 12. The topological polar surface area (TPSA) is 51.6 Å². The van der Waals surface area contributed by atoms with Crippen molar-refractivity contribution >= 4 is 94.6 Å². The van der Waals surface area contributed by atoms with Gasteiger partial charge in [-0.05, 0) is 137 Å². The molecule has 0 N–H and O–H groups in total. The molecular weight excluding hydrogens is 1030 g/mol. The molecule has 0 fully saturated rings. The van der Waals surface area contributed by atoms with Crippen LogP contribution in [0.2, 0.25) is 0 Å². The molecule has 0 saturated heterocycles. The van der Waals surface area contributed by atoms with Crippen molar-refractivity contribution in [1.29, 1.82) is 0 Å². The van der Waals surface area contributed by atoms with Crippen LogP contribution in [0, 0.1) is 0 Å². The molecule has 0 spiro atoms. The maximum absolute atomic E-state index is 5.32. The Morgan fingerprint density at radius 1 is 0.438 bits per heavy atom. The third kappa shape index (κ3) is 7.69. The Balaban J connectivity index is 0.000000150. The quantitative estimate of drug-likeness (QED) is 0.123. The Morgan fingerprint density at radius 2 is 0.828 bits per heavy atom. The minimum absolute atomic E-state index is 0.0462. The van der Waals surface area contributed by atoms with Crippen molar-refractivity contribution in [1.82, 2.24) is 19.9 Å². The number of halogens is 5. The van der Waals surface area contributed by atoms with E-state index in [9.17, 15) is 0 Å². The predicted octanol–water partition coefficient (Wildman–Crippen LogP) is 17.5. The Morgan fingerprint density at radius 3 is 1.36 bits per heavy atom. The van der Waals surface area contributed by atoms with Gasteiger partial charge in [-0.1, -0.05) is 131 Å². The summed E-state index contributed by atoms with van der Waals surface area (Å²) in [5, 5.41) is 6.26. The number of aromatic nitrogens is 4. The van der Waals surface area contributed by atoms with Crippen molar-refractivity contribution in [2.75, 3.05) is 0 Å². The van der Waals surface area contributed by atoms with Crippen LogP contribution in [0.25, 0.3) is 77.5 Å². The van der Waals surface area contributed by atoms with Crippen molar-refractivity contribution in [3.8, 4) is 45.0 Å². The molecule has 0 unspecified atom stereocenters. The first-order valence-corrected chi connectivity index (χ1v) is 27.6. The Bertz CT molecular complexity index is 3210. The second-order valence-electron chi connectivity index (χ2n) is 16.2. The summed E-state index contributed by atoms with van der Waals surface area (Å²) in [7, 11) is 14.7. The molecule has 9 aromatic rings. The van der Waals surface area contributed by atoms with E-state index in [1.165, 1.54) is 65.9 Å². The van der Waals surface area contributed by atoms with Gasteiger partial charge in [0.1, 0.15) is 0 Å². The van der Waals surface area contributed by atoms with Crippen LogP contribution in [0.3, 0.4) is 0 Å². The molecule has 0 radical (unpaired) electrons. The minimum atomic E-state index is -1.33. The van der Waals surface area contributed by atoms with Crippen LogP contribution >= 0.6 is 62.2 Å².